The highest BCUT2D eigenvalue weighted by Crippen LogP contribution is 2.35. The summed E-state index contributed by atoms with van der Waals surface area (Å²) in [7, 11) is 0. The van der Waals surface area contributed by atoms with Gasteiger partial charge in [-0.05, 0) is 56.3 Å². The SMILES string of the molecule is CC(=O)c1ccc2c(c1)N(CC(=O)Nc1ccc(Cl)cc1)C(=O)C(C)O2. The monoisotopic (exact) mass is 372 g/mol. The fraction of sp³-hybridized carbons (Fsp3) is 0.211. The van der Waals surface area contributed by atoms with Crippen LogP contribution in [0.25, 0.3) is 0 Å². The number of ether oxygens (including phenoxy) is 1. The van der Waals surface area contributed by atoms with Gasteiger partial charge < -0.3 is 10.1 Å². The molecule has 2 amide bonds. The third-order valence-corrected chi connectivity index (χ3v) is 4.26. The Kier molecular flexibility index (Phi) is 4.95. The molecule has 7 heteroatoms. The highest BCUT2D eigenvalue weighted by molar-refractivity contribution is 6.30. The fourth-order valence-corrected chi connectivity index (χ4v) is 2.79. The Balaban J connectivity index is 1.85. The van der Waals surface area contributed by atoms with Gasteiger partial charge in [-0.1, -0.05) is 11.6 Å². The number of rotatable bonds is 4. The summed E-state index contributed by atoms with van der Waals surface area (Å²) in [6, 6.07) is 11.5. The van der Waals surface area contributed by atoms with E-state index in [4.69, 9.17) is 16.3 Å². The largest absolute Gasteiger partial charge is 0.479 e. The van der Waals surface area contributed by atoms with Crippen LogP contribution in [0.15, 0.2) is 42.5 Å². The Bertz CT molecular complexity index is 880. The van der Waals surface area contributed by atoms with Crippen LogP contribution >= 0.6 is 11.6 Å². The molecule has 1 unspecified atom stereocenters. The van der Waals surface area contributed by atoms with Gasteiger partial charge in [0.2, 0.25) is 5.91 Å². The van der Waals surface area contributed by atoms with Crippen molar-refractivity contribution < 1.29 is 19.1 Å². The van der Waals surface area contributed by atoms with Crippen LogP contribution in [-0.4, -0.2) is 30.2 Å². The zero-order chi connectivity index (χ0) is 18.8. The number of amides is 2. The van der Waals surface area contributed by atoms with E-state index < -0.39 is 6.10 Å². The first kappa shape index (κ1) is 17.9. The van der Waals surface area contributed by atoms with E-state index in [0.717, 1.165) is 0 Å². The fourth-order valence-electron chi connectivity index (χ4n) is 2.67. The van der Waals surface area contributed by atoms with Crippen molar-refractivity contribution in [3.05, 3.63) is 53.1 Å². The molecule has 2 aromatic carbocycles. The summed E-state index contributed by atoms with van der Waals surface area (Å²) in [6.07, 6.45) is -0.714. The zero-order valence-corrected chi connectivity index (χ0v) is 15.0. The number of benzene rings is 2. The van der Waals surface area contributed by atoms with E-state index in [9.17, 15) is 14.4 Å². The van der Waals surface area contributed by atoms with Crippen molar-refractivity contribution in [3.63, 3.8) is 0 Å². The van der Waals surface area contributed by atoms with Crippen molar-refractivity contribution >= 4 is 40.6 Å². The van der Waals surface area contributed by atoms with Crippen LogP contribution in [0.2, 0.25) is 5.02 Å². The quantitative estimate of drug-likeness (QED) is 0.835. The van der Waals surface area contributed by atoms with Gasteiger partial charge in [0.25, 0.3) is 5.91 Å². The maximum absolute atomic E-state index is 12.5. The number of halogens is 1. The van der Waals surface area contributed by atoms with E-state index >= 15 is 0 Å². The average molecular weight is 373 g/mol. The minimum atomic E-state index is -0.714. The summed E-state index contributed by atoms with van der Waals surface area (Å²) in [5.41, 5.74) is 1.43. The summed E-state index contributed by atoms with van der Waals surface area (Å²) < 4.78 is 5.57. The molecule has 0 aromatic heterocycles. The normalized spacial score (nSPS) is 15.9. The second kappa shape index (κ2) is 7.17. The number of nitrogens with one attached hydrogen (secondary N) is 1. The number of Topliss-reactive ketones (excluding diaryl/α,β-unsaturated/α-hetero) is 1. The van der Waals surface area contributed by atoms with Crippen molar-refractivity contribution in [2.75, 3.05) is 16.8 Å². The Morgan fingerprint density at radius 3 is 2.54 bits per heavy atom. The van der Waals surface area contributed by atoms with Gasteiger partial charge in [0, 0.05) is 16.3 Å². The maximum atomic E-state index is 12.5. The van der Waals surface area contributed by atoms with Crippen LogP contribution in [0.5, 0.6) is 5.75 Å². The lowest BCUT2D eigenvalue weighted by atomic mass is 10.1. The lowest BCUT2D eigenvalue weighted by Gasteiger charge is -2.32. The van der Waals surface area contributed by atoms with Gasteiger partial charge in [0.1, 0.15) is 12.3 Å². The first-order valence-corrected chi connectivity index (χ1v) is 8.41. The number of fused-ring (bicyclic) bond motifs is 1. The van der Waals surface area contributed by atoms with Crippen molar-refractivity contribution in [1.29, 1.82) is 0 Å². The first-order chi connectivity index (χ1) is 12.3. The molecule has 3 rings (SSSR count). The first-order valence-electron chi connectivity index (χ1n) is 8.03. The van der Waals surface area contributed by atoms with Gasteiger partial charge in [-0.15, -0.1) is 0 Å². The summed E-state index contributed by atoms with van der Waals surface area (Å²) in [5, 5.41) is 3.28. The van der Waals surface area contributed by atoms with E-state index in [-0.39, 0.29) is 24.1 Å². The second-order valence-electron chi connectivity index (χ2n) is 5.98. The smallest absolute Gasteiger partial charge is 0.268 e. The van der Waals surface area contributed by atoms with Crippen molar-refractivity contribution in [2.45, 2.75) is 20.0 Å². The summed E-state index contributed by atoms with van der Waals surface area (Å²) >= 11 is 5.83. The van der Waals surface area contributed by atoms with E-state index in [0.29, 0.717) is 27.7 Å². The summed E-state index contributed by atoms with van der Waals surface area (Å²) in [4.78, 5) is 37.9. The Morgan fingerprint density at radius 2 is 1.88 bits per heavy atom. The minimum Gasteiger partial charge on any atom is -0.479 e. The Morgan fingerprint density at radius 1 is 1.19 bits per heavy atom. The topological polar surface area (TPSA) is 75.7 Å². The molecular weight excluding hydrogens is 356 g/mol. The Hall–Kier alpha value is -2.86. The van der Waals surface area contributed by atoms with Crippen LogP contribution in [0.4, 0.5) is 11.4 Å². The van der Waals surface area contributed by atoms with E-state index in [1.807, 2.05) is 0 Å². The molecule has 1 heterocycles. The van der Waals surface area contributed by atoms with E-state index in [1.54, 1.807) is 49.4 Å². The molecule has 0 fully saturated rings. The molecule has 1 N–H and O–H groups in total. The molecule has 0 radical (unpaired) electrons. The van der Waals surface area contributed by atoms with Crippen molar-refractivity contribution in [3.8, 4) is 5.75 Å². The van der Waals surface area contributed by atoms with Gasteiger partial charge in [-0.2, -0.15) is 0 Å². The molecule has 0 bridgehead atoms. The van der Waals surface area contributed by atoms with Crippen LogP contribution in [0.1, 0.15) is 24.2 Å². The molecule has 2 aromatic rings. The van der Waals surface area contributed by atoms with Crippen LogP contribution in [0.3, 0.4) is 0 Å². The molecule has 1 atom stereocenters. The lowest BCUT2D eigenvalue weighted by molar-refractivity contribution is -0.127. The van der Waals surface area contributed by atoms with Crippen molar-refractivity contribution in [2.24, 2.45) is 0 Å². The molecule has 0 aliphatic carbocycles. The third-order valence-electron chi connectivity index (χ3n) is 4.00. The van der Waals surface area contributed by atoms with E-state index in [2.05, 4.69) is 5.32 Å². The molecule has 134 valence electrons. The van der Waals surface area contributed by atoms with E-state index in [1.165, 1.54) is 11.8 Å². The van der Waals surface area contributed by atoms with Crippen LogP contribution in [-0.2, 0) is 9.59 Å². The Labute approximate surface area is 155 Å². The molecule has 1 aliphatic rings. The molecule has 1 aliphatic heterocycles. The number of anilines is 2. The molecule has 6 nitrogen and oxygen atoms in total. The number of hydrogen-bond acceptors (Lipinski definition) is 4. The molecule has 26 heavy (non-hydrogen) atoms. The lowest BCUT2D eigenvalue weighted by Crippen LogP contribution is -2.47. The highest BCUT2D eigenvalue weighted by atomic mass is 35.5. The maximum Gasteiger partial charge on any atom is 0.268 e. The molecule has 0 saturated carbocycles. The zero-order valence-electron chi connectivity index (χ0n) is 14.3. The van der Waals surface area contributed by atoms with Gasteiger partial charge in [-0.3, -0.25) is 19.3 Å². The van der Waals surface area contributed by atoms with Gasteiger partial charge in [-0.25, -0.2) is 0 Å². The van der Waals surface area contributed by atoms with Crippen LogP contribution in [0, 0.1) is 0 Å². The summed E-state index contributed by atoms with van der Waals surface area (Å²) in [6.45, 7) is 2.87. The molecule has 0 saturated heterocycles. The molecule has 0 spiro atoms. The average Bonchev–Trinajstić information content (AvgIpc) is 2.60. The number of carbonyl (C=O) groups is 3. The summed E-state index contributed by atoms with van der Waals surface area (Å²) in [5.74, 6) is -0.385. The molecular formula is C19H17ClN2O4. The predicted molar refractivity (Wildman–Crippen MR) is 99.0 cm³/mol. The second-order valence-corrected chi connectivity index (χ2v) is 6.41. The number of hydrogen-bond donors (Lipinski definition) is 1. The third kappa shape index (κ3) is 3.70. The van der Waals surface area contributed by atoms with Crippen molar-refractivity contribution in [1.82, 2.24) is 0 Å². The highest BCUT2D eigenvalue weighted by Gasteiger charge is 2.33. The van der Waals surface area contributed by atoms with Crippen LogP contribution < -0.4 is 15.0 Å². The predicted octanol–water partition coefficient (Wildman–Crippen LogP) is 3.30. The number of carbonyl (C=O) groups excluding carboxylic acids is 3. The number of ketones is 1. The number of nitrogens with zero attached hydrogens (tertiary/aromatic N) is 1. The van der Waals surface area contributed by atoms with Gasteiger partial charge in [0.05, 0.1) is 5.69 Å². The standard InChI is InChI=1S/C19H17ClN2O4/c1-11(23)13-3-8-17-16(9-13)22(19(25)12(2)26-17)10-18(24)21-15-6-4-14(20)5-7-15/h3-9,12H,10H2,1-2H3,(H,21,24). The van der Waals surface area contributed by atoms with Gasteiger partial charge in [0.15, 0.2) is 11.9 Å². The van der Waals surface area contributed by atoms with Gasteiger partial charge >= 0.3 is 0 Å². The minimum absolute atomic E-state index is 0.135.